The van der Waals surface area contributed by atoms with Crippen LogP contribution in [0.2, 0.25) is 5.02 Å². The van der Waals surface area contributed by atoms with E-state index in [-0.39, 0.29) is 29.8 Å². The van der Waals surface area contributed by atoms with Crippen molar-refractivity contribution in [2.24, 2.45) is 5.92 Å². The average Bonchev–Trinajstić information content (AvgIpc) is 2.98. The largest absolute Gasteiger partial charge is 0.396 e. The maximum atomic E-state index is 14.2. The Balaban J connectivity index is 1.67. The fourth-order valence-corrected chi connectivity index (χ4v) is 4.42. The summed E-state index contributed by atoms with van der Waals surface area (Å²) in [7, 11) is -3.61. The number of sulfonamides is 1. The Morgan fingerprint density at radius 1 is 1.20 bits per heavy atom. The van der Waals surface area contributed by atoms with E-state index in [0.29, 0.717) is 29.8 Å². The van der Waals surface area contributed by atoms with Gasteiger partial charge in [-0.2, -0.15) is 0 Å². The minimum absolute atomic E-state index is 0.0101. The van der Waals surface area contributed by atoms with E-state index < -0.39 is 10.0 Å². The summed E-state index contributed by atoms with van der Waals surface area (Å²) in [6.07, 6.45) is 1.54. The number of fused-ring (bicyclic) bond motifs is 1. The predicted octanol–water partition coefficient (Wildman–Crippen LogP) is 2.71. The Morgan fingerprint density at radius 2 is 1.92 bits per heavy atom. The first-order valence-corrected chi connectivity index (χ1v) is 9.91. The van der Waals surface area contributed by atoms with Gasteiger partial charge in [0, 0.05) is 18.2 Å². The molecule has 2 aromatic rings. The number of rotatable bonds is 6. The van der Waals surface area contributed by atoms with E-state index >= 15 is 0 Å². The van der Waals surface area contributed by atoms with Gasteiger partial charge < -0.3 is 5.11 Å². The first kappa shape index (κ1) is 18.3. The van der Waals surface area contributed by atoms with E-state index in [1.54, 1.807) is 0 Å². The molecule has 1 aliphatic carbocycles. The van der Waals surface area contributed by atoms with Gasteiger partial charge in [0.2, 0.25) is 10.0 Å². The molecule has 0 bridgehead atoms. The molecular formula is C18H19ClFNO3S. The Kier molecular flexibility index (Phi) is 5.43. The van der Waals surface area contributed by atoms with Crippen molar-refractivity contribution in [2.75, 3.05) is 13.2 Å². The smallest absolute Gasteiger partial charge is 0.240 e. The van der Waals surface area contributed by atoms with Crippen molar-refractivity contribution in [3.8, 4) is 0 Å². The number of aliphatic hydroxyl groups excluding tert-OH is 1. The fourth-order valence-electron chi connectivity index (χ4n) is 3.18. The number of benzene rings is 2. The van der Waals surface area contributed by atoms with Crippen molar-refractivity contribution in [3.05, 3.63) is 63.9 Å². The first-order chi connectivity index (χ1) is 11.9. The lowest BCUT2D eigenvalue weighted by Gasteiger charge is -2.11. The lowest BCUT2D eigenvalue weighted by molar-refractivity contribution is 0.299. The van der Waals surface area contributed by atoms with E-state index in [2.05, 4.69) is 4.72 Å². The van der Waals surface area contributed by atoms with Gasteiger partial charge in [0.1, 0.15) is 5.82 Å². The number of halogens is 2. The quantitative estimate of drug-likeness (QED) is 0.806. The van der Waals surface area contributed by atoms with Gasteiger partial charge in [0.25, 0.3) is 0 Å². The second-order valence-electron chi connectivity index (χ2n) is 6.27. The lowest BCUT2D eigenvalue weighted by Crippen LogP contribution is -2.29. The Hall–Kier alpha value is -1.47. The summed E-state index contributed by atoms with van der Waals surface area (Å²) < 4.78 is 41.4. The normalized spacial score (nSPS) is 16.8. The monoisotopic (exact) mass is 383 g/mol. The third-order valence-corrected chi connectivity index (χ3v) is 6.13. The van der Waals surface area contributed by atoms with Gasteiger partial charge in [-0.05, 0) is 72.2 Å². The highest BCUT2D eigenvalue weighted by Gasteiger charge is 2.26. The van der Waals surface area contributed by atoms with Crippen LogP contribution in [-0.2, 0) is 29.3 Å². The molecule has 0 spiro atoms. The van der Waals surface area contributed by atoms with E-state index in [1.807, 2.05) is 6.07 Å². The molecule has 7 heteroatoms. The summed E-state index contributed by atoms with van der Waals surface area (Å²) in [5, 5.41) is 9.47. The number of aliphatic hydroxyl groups is 1. The fraction of sp³-hybridized carbons (Fsp3) is 0.333. The molecule has 4 nitrogen and oxygen atoms in total. The highest BCUT2D eigenvalue weighted by Crippen LogP contribution is 2.30. The zero-order chi connectivity index (χ0) is 18.0. The number of hydrogen-bond acceptors (Lipinski definition) is 3. The molecule has 0 saturated heterocycles. The summed E-state index contributed by atoms with van der Waals surface area (Å²) in [5.74, 6) is -0.264. The molecule has 0 radical (unpaired) electrons. The molecule has 1 aliphatic rings. The van der Waals surface area contributed by atoms with E-state index in [9.17, 15) is 12.8 Å². The maximum absolute atomic E-state index is 14.2. The third kappa shape index (κ3) is 4.20. The van der Waals surface area contributed by atoms with Crippen molar-refractivity contribution in [1.29, 1.82) is 0 Å². The highest BCUT2D eigenvalue weighted by molar-refractivity contribution is 7.89. The van der Waals surface area contributed by atoms with E-state index in [4.69, 9.17) is 16.7 Å². The van der Waals surface area contributed by atoms with Crippen LogP contribution in [0.5, 0.6) is 0 Å². The van der Waals surface area contributed by atoms with Gasteiger partial charge in [0.05, 0.1) is 4.90 Å². The molecule has 0 saturated carbocycles. The molecular weight excluding hydrogens is 365 g/mol. The van der Waals surface area contributed by atoms with Crippen molar-refractivity contribution in [3.63, 3.8) is 0 Å². The summed E-state index contributed by atoms with van der Waals surface area (Å²) in [5.41, 5.74) is 2.32. The van der Waals surface area contributed by atoms with Gasteiger partial charge in [-0.25, -0.2) is 17.5 Å². The Bertz CT molecular complexity index is 869. The summed E-state index contributed by atoms with van der Waals surface area (Å²) in [4.78, 5) is 0.156. The minimum atomic E-state index is -3.61. The summed E-state index contributed by atoms with van der Waals surface area (Å²) >= 11 is 5.78. The molecule has 2 N–H and O–H groups in total. The van der Waals surface area contributed by atoms with Crippen LogP contribution in [0.15, 0.2) is 41.3 Å². The van der Waals surface area contributed by atoms with Crippen LogP contribution in [-0.4, -0.2) is 26.7 Å². The van der Waals surface area contributed by atoms with Crippen molar-refractivity contribution >= 4 is 21.6 Å². The van der Waals surface area contributed by atoms with E-state index in [0.717, 1.165) is 11.1 Å². The zero-order valence-corrected chi connectivity index (χ0v) is 15.1. The minimum Gasteiger partial charge on any atom is -0.396 e. The molecule has 3 rings (SSSR count). The molecule has 25 heavy (non-hydrogen) atoms. The number of nitrogens with one attached hydrogen (secondary N) is 1. The second-order valence-corrected chi connectivity index (χ2v) is 8.47. The molecule has 0 heterocycles. The van der Waals surface area contributed by atoms with Gasteiger partial charge in [-0.3, -0.25) is 0 Å². The highest BCUT2D eigenvalue weighted by atomic mass is 35.5. The van der Waals surface area contributed by atoms with Crippen LogP contribution in [0, 0.1) is 11.7 Å². The van der Waals surface area contributed by atoms with Gasteiger partial charge in [-0.1, -0.05) is 17.7 Å². The molecule has 1 unspecified atom stereocenters. The van der Waals surface area contributed by atoms with Crippen LogP contribution < -0.4 is 4.72 Å². The maximum Gasteiger partial charge on any atom is 0.240 e. The molecule has 0 aromatic heterocycles. The molecule has 2 aromatic carbocycles. The summed E-state index contributed by atoms with van der Waals surface area (Å²) in [6.45, 7) is 0.219. The topological polar surface area (TPSA) is 66.4 Å². The van der Waals surface area contributed by atoms with Gasteiger partial charge >= 0.3 is 0 Å². The summed E-state index contributed by atoms with van der Waals surface area (Å²) in [6, 6.07) is 9.32. The van der Waals surface area contributed by atoms with Crippen molar-refractivity contribution in [1.82, 2.24) is 4.72 Å². The SMILES string of the molecule is O=S(=O)(NCC1Cc2cc(CCO)cc(F)c2C1)c1ccc(Cl)cc1. The van der Waals surface area contributed by atoms with Crippen molar-refractivity contribution < 1.29 is 17.9 Å². The third-order valence-electron chi connectivity index (χ3n) is 4.44. The molecule has 0 fully saturated rings. The first-order valence-electron chi connectivity index (χ1n) is 8.05. The predicted molar refractivity (Wildman–Crippen MR) is 94.7 cm³/mol. The van der Waals surface area contributed by atoms with Crippen LogP contribution in [0.3, 0.4) is 0 Å². The second kappa shape index (κ2) is 7.41. The van der Waals surface area contributed by atoms with Gasteiger partial charge in [0.15, 0.2) is 0 Å². The lowest BCUT2D eigenvalue weighted by atomic mass is 10.0. The molecule has 0 aliphatic heterocycles. The number of hydrogen-bond donors (Lipinski definition) is 2. The van der Waals surface area contributed by atoms with Gasteiger partial charge in [-0.15, -0.1) is 0 Å². The van der Waals surface area contributed by atoms with Crippen LogP contribution in [0.4, 0.5) is 4.39 Å². The zero-order valence-electron chi connectivity index (χ0n) is 13.5. The van der Waals surface area contributed by atoms with Crippen LogP contribution in [0.1, 0.15) is 16.7 Å². The standard InChI is InChI=1S/C18H19ClFNO3S/c19-15-1-3-16(4-2-15)25(23,24)21-11-13-8-14-7-12(5-6-22)10-18(20)17(14)9-13/h1-4,7,10,13,21-22H,5-6,8-9,11H2. The van der Waals surface area contributed by atoms with Crippen LogP contribution in [0.25, 0.3) is 0 Å². The van der Waals surface area contributed by atoms with E-state index in [1.165, 1.54) is 30.3 Å². The Morgan fingerprint density at radius 3 is 2.60 bits per heavy atom. The van der Waals surface area contributed by atoms with Crippen molar-refractivity contribution in [2.45, 2.75) is 24.2 Å². The molecule has 134 valence electrons. The molecule has 1 atom stereocenters. The van der Waals surface area contributed by atoms with Crippen LogP contribution >= 0.6 is 11.6 Å². The molecule has 0 amide bonds. The average molecular weight is 384 g/mol. The Labute approximate surface area is 151 Å².